The van der Waals surface area contributed by atoms with Crippen molar-refractivity contribution in [2.75, 3.05) is 12.3 Å². The topological polar surface area (TPSA) is 124 Å². The Bertz CT molecular complexity index is 863. The summed E-state index contributed by atoms with van der Waals surface area (Å²) in [6.07, 6.45) is 8.93. The van der Waals surface area contributed by atoms with E-state index in [1.807, 2.05) is 0 Å². The van der Waals surface area contributed by atoms with Gasteiger partial charge in [0, 0.05) is 13.0 Å². The van der Waals surface area contributed by atoms with E-state index in [-0.39, 0.29) is 35.5 Å². The lowest BCUT2D eigenvalue weighted by molar-refractivity contribution is -0.174. The lowest BCUT2D eigenvalue weighted by Crippen LogP contribution is -2.58. The van der Waals surface area contributed by atoms with E-state index in [1.165, 1.54) is 12.8 Å². The first-order valence-electron chi connectivity index (χ1n) is 13.4. The molecule has 0 aromatic rings. The number of carbonyl (C=O) groups is 1. The minimum absolute atomic E-state index is 0.0756. The number of amides is 1. The summed E-state index contributed by atoms with van der Waals surface area (Å²) in [5.41, 5.74) is 0.105. The van der Waals surface area contributed by atoms with E-state index in [9.17, 15) is 23.4 Å². The van der Waals surface area contributed by atoms with Crippen LogP contribution < -0.4 is 5.32 Å². The summed E-state index contributed by atoms with van der Waals surface area (Å²) >= 11 is 0. The van der Waals surface area contributed by atoms with Crippen LogP contribution in [0.15, 0.2) is 0 Å². The van der Waals surface area contributed by atoms with E-state index in [0.717, 1.165) is 38.5 Å². The van der Waals surface area contributed by atoms with Crippen molar-refractivity contribution in [1.29, 1.82) is 0 Å². The van der Waals surface area contributed by atoms with Crippen LogP contribution in [0.3, 0.4) is 0 Å². The Morgan fingerprint density at radius 1 is 1.06 bits per heavy atom. The van der Waals surface area contributed by atoms with Gasteiger partial charge in [0.2, 0.25) is 5.91 Å². The fourth-order valence-electron chi connectivity index (χ4n) is 9.13. The maximum atomic E-state index is 12.2. The average molecular weight is 500 g/mol. The van der Waals surface area contributed by atoms with Gasteiger partial charge in [-0.2, -0.15) is 8.42 Å². The molecule has 0 aromatic heterocycles. The first-order valence-corrected chi connectivity index (χ1v) is 15.0. The summed E-state index contributed by atoms with van der Waals surface area (Å²) < 4.78 is 30.5. The van der Waals surface area contributed by atoms with Crippen molar-refractivity contribution in [1.82, 2.24) is 5.32 Å². The van der Waals surface area contributed by atoms with Crippen molar-refractivity contribution in [2.45, 2.75) is 97.2 Å². The van der Waals surface area contributed by atoms with Gasteiger partial charge >= 0.3 is 0 Å². The molecular weight excluding hydrogens is 454 g/mol. The molecule has 1 amide bonds. The molecule has 34 heavy (non-hydrogen) atoms. The molecule has 0 saturated heterocycles. The largest absolute Gasteiger partial charge is 0.393 e. The Labute approximate surface area is 205 Å². The number of carbonyl (C=O) groups excluding carboxylic acids is 1. The number of hydrogen-bond donors (Lipinski definition) is 4. The minimum Gasteiger partial charge on any atom is -0.393 e. The zero-order valence-corrected chi connectivity index (χ0v) is 21.9. The quantitative estimate of drug-likeness (QED) is 0.398. The molecule has 4 saturated carbocycles. The summed E-state index contributed by atoms with van der Waals surface area (Å²) in [7, 11) is -4.07. The maximum Gasteiger partial charge on any atom is 0.266 e. The zero-order chi connectivity index (χ0) is 24.9. The van der Waals surface area contributed by atoms with Gasteiger partial charge < -0.3 is 15.5 Å². The summed E-state index contributed by atoms with van der Waals surface area (Å²) in [4.78, 5) is 12.2. The van der Waals surface area contributed by atoms with Crippen LogP contribution in [-0.4, -0.2) is 53.6 Å². The number of fused-ring (bicyclic) bond motifs is 5. The molecule has 4 rings (SSSR count). The molecule has 8 heteroatoms. The van der Waals surface area contributed by atoms with Crippen LogP contribution in [0.5, 0.6) is 0 Å². The molecule has 0 aliphatic heterocycles. The van der Waals surface area contributed by atoms with Crippen LogP contribution in [0.2, 0.25) is 0 Å². The molecule has 10 atom stereocenters. The Morgan fingerprint density at radius 3 is 2.50 bits per heavy atom. The normalized spacial score (nSPS) is 45.1. The van der Waals surface area contributed by atoms with Gasteiger partial charge in [0.25, 0.3) is 10.1 Å². The van der Waals surface area contributed by atoms with Gasteiger partial charge in [0.15, 0.2) is 0 Å². The fourth-order valence-corrected chi connectivity index (χ4v) is 9.49. The van der Waals surface area contributed by atoms with Crippen molar-refractivity contribution in [3.63, 3.8) is 0 Å². The van der Waals surface area contributed by atoms with Crippen LogP contribution in [0.25, 0.3) is 0 Å². The second-order valence-corrected chi connectivity index (χ2v) is 14.1. The average Bonchev–Trinajstić information content (AvgIpc) is 3.11. The number of aliphatic hydroxyl groups excluding tert-OH is 2. The third-order valence-electron chi connectivity index (χ3n) is 11.0. The van der Waals surface area contributed by atoms with Gasteiger partial charge in [-0.3, -0.25) is 9.35 Å². The van der Waals surface area contributed by atoms with E-state index in [0.29, 0.717) is 48.3 Å². The molecule has 4 N–H and O–H groups in total. The SMILES string of the molecule is CC(CCC(=O)NCCS(=O)(=O)O)[C@H]1CC[C@H]2C3CC[C@@H]4C[C@H](O)CC[C@]4(C)[C@H]3C[C@H](O)[C@]12C. The van der Waals surface area contributed by atoms with Crippen molar-refractivity contribution in [2.24, 2.45) is 46.3 Å². The second kappa shape index (κ2) is 9.64. The van der Waals surface area contributed by atoms with Crippen molar-refractivity contribution in [3.05, 3.63) is 0 Å². The van der Waals surface area contributed by atoms with E-state index >= 15 is 0 Å². The Hall–Kier alpha value is -0.700. The van der Waals surface area contributed by atoms with Gasteiger partial charge in [0.1, 0.15) is 0 Å². The predicted octanol–water partition coefficient (Wildman–Crippen LogP) is 3.40. The van der Waals surface area contributed by atoms with Gasteiger partial charge in [-0.25, -0.2) is 0 Å². The van der Waals surface area contributed by atoms with Crippen molar-refractivity contribution >= 4 is 16.0 Å². The van der Waals surface area contributed by atoms with Gasteiger partial charge in [-0.1, -0.05) is 20.8 Å². The number of hydrogen-bond acceptors (Lipinski definition) is 5. The summed E-state index contributed by atoms with van der Waals surface area (Å²) in [6.45, 7) is 6.86. The number of rotatable bonds is 7. The third-order valence-corrected chi connectivity index (χ3v) is 11.7. The predicted molar refractivity (Wildman–Crippen MR) is 130 cm³/mol. The lowest BCUT2D eigenvalue weighted by Gasteiger charge is -2.62. The molecule has 4 fully saturated rings. The van der Waals surface area contributed by atoms with E-state index in [1.54, 1.807) is 0 Å². The highest BCUT2D eigenvalue weighted by Gasteiger charge is 2.63. The smallest absolute Gasteiger partial charge is 0.266 e. The first kappa shape index (κ1) is 26.4. The van der Waals surface area contributed by atoms with Crippen LogP contribution in [0, 0.1) is 46.3 Å². The highest BCUT2D eigenvalue weighted by Crippen LogP contribution is 2.68. The number of nitrogens with one attached hydrogen (secondary N) is 1. The highest BCUT2D eigenvalue weighted by molar-refractivity contribution is 7.85. The van der Waals surface area contributed by atoms with Crippen LogP contribution in [-0.2, 0) is 14.9 Å². The molecule has 0 radical (unpaired) electrons. The summed E-state index contributed by atoms with van der Waals surface area (Å²) in [5.74, 6) is 2.28. The molecular formula is C26H45NO6S. The molecule has 4 aliphatic rings. The molecule has 7 nitrogen and oxygen atoms in total. The molecule has 4 aliphatic carbocycles. The minimum atomic E-state index is -4.07. The van der Waals surface area contributed by atoms with Gasteiger partial charge in [0.05, 0.1) is 18.0 Å². The number of aliphatic hydroxyl groups is 2. The molecule has 196 valence electrons. The molecule has 0 spiro atoms. The Balaban J connectivity index is 1.40. The standard InChI is InChI=1S/C26H45NO6S/c1-16(4-9-24(30)27-12-13-34(31,32)33)20-7-8-21-19-6-5-17-14-18(28)10-11-25(17,2)22(19)15-23(29)26(20,21)3/h16-23,28-29H,4-15H2,1-3H3,(H,27,30)(H,31,32,33)/t16?,17-,18-,19?,20-,21+,22+,23+,25+,26-/m1/s1. The van der Waals surface area contributed by atoms with Crippen LogP contribution in [0.1, 0.15) is 85.0 Å². The second-order valence-electron chi connectivity index (χ2n) is 12.5. The fraction of sp³-hybridized carbons (Fsp3) is 0.962. The molecule has 0 bridgehead atoms. The van der Waals surface area contributed by atoms with E-state index in [2.05, 4.69) is 26.1 Å². The molecule has 2 unspecified atom stereocenters. The van der Waals surface area contributed by atoms with Crippen LogP contribution in [0.4, 0.5) is 0 Å². The monoisotopic (exact) mass is 499 g/mol. The lowest BCUT2D eigenvalue weighted by atomic mass is 9.43. The summed E-state index contributed by atoms with van der Waals surface area (Å²) in [5, 5.41) is 24.5. The molecule has 0 aromatic carbocycles. The Kier molecular flexibility index (Phi) is 7.47. The molecule has 0 heterocycles. The third kappa shape index (κ3) is 4.81. The van der Waals surface area contributed by atoms with Crippen molar-refractivity contribution in [3.8, 4) is 0 Å². The van der Waals surface area contributed by atoms with Gasteiger partial charge in [-0.15, -0.1) is 0 Å². The van der Waals surface area contributed by atoms with E-state index in [4.69, 9.17) is 4.55 Å². The zero-order valence-electron chi connectivity index (χ0n) is 21.1. The van der Waals surface area contributed by atoms with E-state index < -0.39 is 15.9 Å². The first-order chi connectivity index (χ1) is 15.9. The van der Waals surface area contributed by atoms with Gasteiger partial charge in [-0.05, 0) is 104 Å². The highest BCUT2D eigenvalue weighted by atomic mass is 32.2. The van der Waals surface area contributed by atoms with Crippen LogP contribution >= 0.6 is 0 Å². The Morgan fingerprint density at radius 2 is 1.79 bits per heavy atom. The van der Waals surface area contributed by atoms with Crippen molar-refractivity contribution < 1.29 is 28.0 Å². The maximum absolute atomic E-state index is 12.2. The summed E-state index contributed by atoms with van der Waals surface area (Å²) in [6, 6.07) is 0.